The highest BCUT2D eigenvalue weighted by atomic mass is 35.5. The zero-order valence-electron chi connectivity index (χ0n) is 21.0. The van der Waals surface area contributed by atoms with Crippen molar-refractivity contribution >= 4 is 58.4 Å². The highest BCUT2D eigenvalue weighted by Crippen LogP contribution is 2.26. The van der Waals surface area contributed by atoms with Crippen LogP contribution in [0.15, 0.2) is 72.8 Å². The van der Waals surface area contributed by atoms with Crippen molar-refractivity contribution in [1.82, 2.24) is 10.2 Å². The summed E-state index contributed by atoms with van der Waals surface area (Å²) in [7, 11) is 0. The molecule has 3 aromatic carbocycles. The maximum Gasteiger partial charge on any atom is 0.243 e. The molecule has 1 saturated carbocycles. The molecular weight excluding hydrogens is 559 g/mol. The third-order valence-corrected chi connectivity index (χ3v) is 8.50. The number of amides is 2. The number of rotatable bonds is 11. The van der Waals surface area contributed by atoms with Gasteiger partial charge in [0.05, 0.1) is 5.75 Å². The van der Waals surface area contributed by atoms with Gasteiger partial charge in [0.15, 0.2) is 0 Å². The number of halogens is 3. The predicted octanol–water partition coefficient (Wildman–Crippen LogP) is 7.58. The molecule has 38 heavy (non-hydrogen) atoms. The smallest absolute Gasteiger partial charge is 0.243 e. The molecule has 0 radical (unpaired) electrons. The molecular formula is C30H31Cl3N2O2S. The van der Waals surface area contributed by atoms with Gasteiger partial charge in [-0.1, -0.05) is 96.2 Å². The summed E-state index contributed by atoms with van der Waals surface area (Å²) >= 11 is 20.1. The van der Waals surface area contributed by atoms with Crippen LogP contribution in [0.2, 0.25) is 15.1 Å². The summed E-state index contributed by atoms with van der Waals surface area (Å²) in [5.41, 5.74) is 2.79. The normalized spacial score (nSPS) is 14.3. The molecule has 8 heteroatoms. The fourth-order valence-corrected chi connectivity index (χ4v) is 6.41. The Morgan fingerprint density at radius 1 is 0.895 bits per heavy atom. The first-order valence-corrected chi connectivity index (χ1v) is 15.1. The number of thioether (sulfide) groups is 1. The molecule has 0 saturated heterocycles. The van der Waals surface area contributed by atoms with Crippen LogP contribution in [0.5, 0.6) is 0 Å². The van der Waals surface area contributed by atoms with Crippen LogP contribution in [0.25, 0.3) is 0 Å². The van der Waals surface area contributed by atoms with Crippen LogP contribution >= 0.6 is 46.6 Å². The van der Waals surface area contributed by atoms with Gasteiger partial charge in [-0.3, -0.25) is 9.59 Å². The Kier molecular flexibility index (Phi) is 10.8. The van der Waals surface area contributed by atoms with E-state index in [1.165, 1.54) is 11.8 Å². The van der Waals surface area contributed by atoms with E-state index in [-0.39, 0.29) is 30.2 Å². The number of hydrogen-bond donors (Lipinski definition) is 1. The van der Waals surface area contributed by atoms with Crippen molar-refractivity contribution in [3.8, 4) is 0 Å². The maximum absolute atomic E-state index is 13.8. The fourth-order valence-electron chi connectivity index (χ4n) is 4.72. The molecule has 4 rings (SSSR count). The zero-order valence-corrected chi connectivity index (χ0v) is 24.1. The quantitative estimate of drug-likeness (QED) is 0.251. The second-order valence-electron chi connectivity index (χ2n) is 9.58. The first kappa shape index (κ1) is 28.8. The van der Waals surface area contributed by atoms with Crippen LogP contribution < -0.4 is 5.32 Å². The summed E-state index contributed by atoms with van der Waals surface area (Å²) < 4.78 is 0. The van der Waals surface area contributed by atoms with Crippen molar-refractivity contribution in [3.63, 3.8) is 0 Å². The van der Waals surface area contributed by atoms with E-state index in [1.807, 2.05) is 54.6 Å². The lowest BCUT2D eigenvalue weighted by molar-refractivity contribution is -0.139. The maximum atomic E-state index is 13.8. The first-order chi connectivity index (χ1) is 18.4. The molecule has 1 atom stereocenters. The van der Waals surface area contributed by atoms with E-state index in [0.29, 0.717) is 27.2 Å². The molecule has 3 aromatic rings. The van der Waals surface area contributed by atoms with Crippen molar-refractivity contribution in [1.29, 1.82) is 0 Å². The number of nitrogens with zero attached hydrogens (tertiary/aromatic N) is 1. The zero-order chi connectivity index (χ0) is 26.9. The summed E-state index contributed by atoms with van der Waals surface area (Å²) in [6.45, 7) is 0.289. The van der Waals surface area contributed by atoms with Crippen molar-refractivity contribution in [2.24, 2.45) is 0 Å². The van der Waals surface area contributed by atoms with E-state index in [2.05, 4.69) is 5.32 Å². The van der Waals surface area contributed by atoms with E-state index < -0.39 is 6.04 Å². The minimum atomic E-state index is -0.649. The van der Waals surface area contributed by atoms with Gasteiger partial charge in [-0.2, -0.15) is 0 Å². The van der Waals surface area contributed by atoms with Gasteiger partial charge in [0.2, 0.25) is 11.8 Å². The van der Waals surface area contributed by atoms with Gasteiger partial charge in [-0.25, -0.2) is 0 Å². The summed E-state index contributed by atoms with van der Waals surface area (Å²) in [5, 5.41) is 4.97. The molecule has 0 unspecified atom stereocenters. The molecule has 1 N–H and O–H groups in total. The largest absolute Gasteiger partial charge is 0.352 e. The Hall–Kier alpha value is -2.18. The highest BCUT2D eigenvalue weighted by Gasteiger charge is 2.32. The van der Waals surface area contributed by atoms with Crippen molar-refractivity contribution in [3.05, 3.63) is 105 Å². The summed E-state index contributed by atoms with van der Waals surface area (Å²) in [4.78, 5) is 29.2. The minimum absolute atomic E-state index is 0.109. The highest BCUT2D eigenvalue weighted by molar-refractivity contribution is 7.99. The van der Waals surface area contributed by atoms with Crippen molar-refractivity contribution in [2.75, 3.05) is 5.75 Å². The van der Waals surface area contributed by atoms with E-state index >= 15 is 0 Å². The molecule has 0 aliphatic heterocycles. The van der Waals surface area contributed by atoms with Crippen LogP contribution in [0, 0.1) is 0 Å². The number of carbonyl (C=O) groups excluding carboxylic acids is 2. The molecule has 0 spiro atoms. The van der Waals surface area contributed by atoms with Gasteiger partial charge in [0, 0.05) is 39.8 Å². The van der Waals surface area contributed by atoms with Gasteiger partial charge in [0.1, 0.15) is 6.04 Å². The molecule has 0 heterocycles. The topological polar surface area (TPSA) is 49.4 Å². The molecule has 4 nitrogen and oxygen atoms in total. The van der Waals surface area contributed by atoms with Gasteiger partial charge in [-0.05, 0) is 53.8 Å². The van der Waals surface area contributed by atoms with Crippen LogP contribution in [0.3, 0.4) is 0 Å². The van der Waals surface area contributed by atoms with E-state index in [9.17, 15) is 9.59 Å². The first-order valence-electron chi connectivity index (χ1n) is 12.8. The fraction of sp³-hybridized carbons (Fsp3) is 0.333. The number of carbonyl (C=O) groups is 2. The number of nitrogens with one attached hydrogen (secondary N) is 1. The molecule has 1 aliphatic carbocycles. The lowest BCUT2D eigenvalue weighted by Crippen LogP contribution is -2.52. The van der Waals surface area contributed by atoms with Gasteiger partial charge < -0.3 is 10.2 Å². The summed E-state index contributed by atoms with van der Waals surface area (Å²) in [6.07, 6.45) is 4.61. The lowest BCUT2D eigenvalue weighted by atomic mass is 10.0. The summed E-state index contributed by atoms with van der Waals surface area (Å²) in [6, 6.07) is 22.2. The Balaban J connectivity index is 1.57. The van der Waals surface area contributed by atoms with Crippen LogP contribution in [-0.2, 0) is 28.3 Å². The van der Waals surface area contributed by atoms with E-state index in [4.69, 9.17) is 34.8 Å². The lowest BCUT2D eigenvalue weighted by Gasteiger charge is -2.32. The minimum Gasteiger partial charge on any atom is -0.352 e. The van der Waals surface area contributed by atoms with Crippen molar-refractivity contribution < 1.29 is 9.59 Å². The van der Waals surface area contributed by atoms with Gasteiger partial charge in [0.25, 0.3) is 0 Å². The Morgan fingerprint density at radius 3 is 2.32 bits per heavy atom. The average Bonchev–Trinajstić information content (AvgIpc) is 3.41. The predicted molar refractivity (Wildman–Crippen MR) is 159 cm³/mol. The molecule has 0 bridgehead atoms. The van der Waals surface area contributed by atoms with Crippen molar-refractivity contribution in [2.45, 2.75) is 56.5 Å². The Labute approximate surface area is 244 Å². The third kappa shape index (κ3) is 8.41. The van der Waals surface area contributed by atoms with Crippen LogP contribution in [-0.4, -0.2) is 34.6 Å². The summed E-state index contributed by atoms with van der Waals surface area (Å²) in [5.74, 6) is 0.552. The van der Waals surface area contributed by atoms with Crippen LogP contribution in [0.4, 0.5) is 0 Å². The molecule has 1 aliphatic rings. The van der Waals surface area contributed by atoms with Gasteiger partial charge in [-0.15, -0.1) is 11.8 Å². The monoisotopic (exact) mass is 588 g/mol. The Bertz CT molecular complexity index is 1240. The third-order valence-electron chi connectivity index (χ3n) is 6.71. The average molecular weight is 590 g/mol. The number of hydrogen-bond acceptors (Lipinski definition) is 3. The second-order valence-corrected chi connectivity index (χ2v) is 11.8. The number of benzene rings is 3. The Morgan fingerprint density at radius 2 is 1.61 bits per heavy atom. The van der Waals surface area contributed by atoms with E-state index in [0.717, 1.165) is 42.4 Å². The second kappa shape index (κ2) is 14.3. The molecule has 200 valence electrons. The standard InChI is InChI=1S/C30H31Cl3N2O2S/c31-24-10-6-9-22(15-24)18-35(29(36)20-38-19-23-13-14-25(32)17-27(23)33)28(16-21-7-2-1-3-8-21)30(37)34-26-11-4-5-12-26/h1-3,6-10,13-15,17,26,28H,4-5,11-12,16,18-20H2,(H,34,37)/t28-/m0/s1. The molecule has 1 fully saturated rings. The molecule has 0 aromatic heterocycles. The van der Waals surface area contributed by atoms with Crippen LogP contribution in [0.1, 0.15) is 42.4 Å². The van der Waals surface area contributed by atoms with E-state index in [1.54, 1.807) is 23.1 Å². The SMILES string of the molecule is O=C(NC1CCCC1)[C@H](Cc1ccccc1)N(Cc1cccc(Cl)c1)C(=O)CSCc1ccc(Cl)cc1Cl. The van der Waals surface area contributed by atoms with Gasteiger partial charge >= 0.3 is 0 Å². The molecule has 2 amide bonds.